The summed E-state index contributed by atoms with van der Waals surface area (Å²) in [5.41, 5.74) is 5.31. The molecule has 306 valence electrons. The van der Waals surface area contributed by atoms with Crippen molar-refractivity contribution in [2.24, 2.45) is 5.73 Å². The van der Waals surface area contributed by atoms with E-state index in [1.54, 1.807) is 0 Å². The molecular formula is C42H68NO10P. The lowest BCUT2D eigenvalue weighted by Gasteiger charge is -2.20. The molecule has 0 rings (SSSR count). The third kappa shape index (κ3) is 35.7. The molecule has 54 heavy (non-hydrogen) atoms. The second-order valence-electron chi connectivity index (χ2n) is 12.7. The van der Waals surface area contributed by atoms with E-state index in [1.165, 1.54) is 19.3 Å². The van der Waals surface area contributed by atoms with Gasteiger partial charge in [-0.05, 0) is 70.6 Å². The number of unbranched alkanes of at least 4 members (excludes halogenated alkanes) is 9. The number of hydrogen-bond donors (Lipinski definition) is 3. The number of ether oxygens (including phenoxy) is 2. The van der Waals surface area contributed by atoms with E-state index in [0.717, 1.165) is 64.2 Å². The van der Waals surface area contributed by atoms with Crippen molar-refractivity contribution in [3.05, 3.63) is 85.1 Å². The van der Waals surface area contributed by atoms with Gasteiger partial charge in [0, 0.05) is 12.8 Å². The first-order chi connectivity index (χ1) is 26.1. The predicted octanol–water partition coefficient (Wildman–Crippen LogP) is 9.94. The average Bonchev–Trinajstić information content (AvgIpc) is 3.14. The zero-order valence-corrected chi connectivity index (χ0v) is 33.7. The largest absolute Gasteiger partial charge is 0.480 e. The Labute approximate surface area is 324 Å². The Morgan fingerprint density at radius 2 is 1.13 bits per heavy atom. The SMILES string of the molecule is CC/C=C/C=C/C=C/CCCCCCCC(=O)OC(COC(=O)CCC/C=C/C/C=C/C/C=C/C/C=C/CCCCC)COP(=O)(O)OC[C@H](N)C(=O)O. The number of esters is 2. The van der Waals surface area contributed by atoms with Gasteiger partial charge in [0.25, 0.3) is 0 Å². The third-order valence-electron chi connectivity index (χ3n) is 7.69. The maximum atomic E-state index is 12.6. The minimum absolute atomic E-state index is 0.121. The molecule has 0 aromatic rings. The lowest BCUT2D eigenvalue weighted by Crippen LogP contribution is -2.34. The van der Waals surface area contributed by atoms with E-state index in [9.17, 15) is 23.8 Å². The molecule has 0 radical (unpaired) electrons. The molecule has 0 aliphatic rings. The number of phosphoric ester groups is 1. The second-order valence-corrected chi connectivity index (χ2v) is 14.2. The Morgan fingerprint density at radius 1 is 0.611 bits per heavy atom. The van der Waals surface area contributed by atoms with Gasteiger partial charge in [0.1, 0.15) is 12.6 Å². The highest BCUT2D eigenvalue weighted by atomic mass is 31.2. The van der Waals surface area contributed by atoms with Gasteiger partial charge in [0.05, 0.1) is 13.2 Å². The molecule has 0 aliphatic heterocycles. The predicted molar refractivity (Wildman–Crippen MR) is 217 cm³/mol. The van der Waals surface area contributed by atoms with Gasteiger partial charge in [-0.15, -0.1) is 0 Å². The first-order valence-electron chi connectivity index (χ1n) is 19.6. The average molecular weight is 778 g/mol. The van der Waals surface area contributed by atoms with Gasteiger partial charge < -0.3 is 25.2 Å². The maximum Gasteiger partial charge on any atom is 0.472 e. The first-order valence-corrected chi connectivity index (χ1v) is 21.1. The van der Waals surface area contributed by atoms with Crippen LogP contribution in [-0.4, -0.2) is 59.9 Å². The fourth-order valence-electron chi connectivity index (χ4n) is 4.58. The highest BCUT2D eigenvalue weighted by Crippen LogP contribution is 2.43. The lowest BCUT2D eigenvalue weighted by atomic mass is 10.1. The number of phosphoric acid groups is 1. The number of carboxylic acids is 1. The zero-order chi connectivity index (χ0) is 40.0. The Balaban J connectivity index is 4.56. The van der Waals surface area contributed by atoms with E-state index in [4.69, 9.17) is 24.8 Å². The summed E-state index contributed by atoms with van der Waals surface area (Å²) < 4.78 is 32.5. The Kier molecular flexibility index (Phi) is 34.4. The van der Waals surface area contributed by atoms with Crippen molar-refractivity contribution in [1.82, 2.24) is 0 Å². The van der Waals surface area contributed by atoms with Crippen LogP contribution in [0.5, 0.6) is 0 Å². The molecule has 0 aliphatic carbocycles. The monoisotopic (exact) mass is 777 g/mol. The molecule has 0 amide bonds. The third-order valence-corrected chi connectivity index (χ3v) is 8.64. The van der Waals surface area contributed by atoms with E-state index < -0.39 is 51.1 Å². The molecule has 12 heteroatoms. The summed E-state index contributed by atoms with van der Waals surface area (Å²) >= 11 is 0. The molecule has 11 nitrogen and oxygen atoms in total. The van der Waals surface area contributed by atoms with Crippen LogP contribution < -0.4 is 5.73 Å². The number of nitrogens with two attached hydrogens (primary N) is 1. The van der Waals surface area contributed by atoms with Gasteiger partial charge in [-0.25, -0.2) is 4.57 Å². The van der Waals surface area contributed by atoms with Crippen LogP contribution in [0.1, 0.15) is 129 Å². The minimum Gasteiger partial charge on any atom is -0.480 e. The van der Waals surface area contributed by atoms with E-state index in [2.05, 4.69) is 67.0 Å². The maximum absolute atomic E-state index is 12.6. The lowest BCUT2D eigenvalue weighted by molar-refractivity contribution is -0.161. The smallest absolute Gasteiger partial charge is 0.472 e. The van der Waals surface area contributed by atoms with Crippen LogP contribution in [0.2, 0.25) is 0 Å². The van der Waals surface area contributed by atoms with Crippen molar-refractivity contribution in [2.75, 3.05) is 19.8 Å². The van der Waals surface area contributed by atoms with E-state index in [-0.39, 0.29) is 19.4 Å². The van der Waals surface area contributed by atoms with Crippen molar-refractivity contribution in [3.63, 3.8) is 0 Å². The molecule has 0 spiro atoms. The van der Waals surface area contributed by atoms with E-state index in [0.29, 0.717) is 19.3 Å². The molecule has 4 N–H and O–H groups in total. The van der Waals surface area contributed by atoms with E-state index >= 15 is 0 Å². The summed E-state index contributed by atoms with van der Waals surface area (Å²) in [6, 6.07) is -1.54. The van der Waals surface area contributed by atoms with Crippen molar-refractivity contribution in [1.29, 1.82) is 0 Å². The zero-order valence-electron chi connectivity index (χ0n) is 32.8. The van der Waals surface area contributed by atoms with Crippen LogP contribution in [0.25, 0.3) is 0 Å². The number of rotatable bonds is 35. The first kappa shape index (κ1) is 50.7. The van der Waals surface area contributed by atoms with Gasteiger partial charge in [-0.2, -0.15) is 0 Å². The van der Waals surface area contributed by atoms with E-state index in [1.807, 2.05) is 36.5 Å². The Hall–Kier alpha value is -3.34. The number of aliphatic carboxylic acids is 1. The number of carbonyl (C=O) groups is 3. The number of carbonyl (C=O) groups excluding carboxylic acids is 2. The fourth-order valence-corrected chi connectivity index (χ4v) is 5.36. The second kappa shape index (κ2) is 36.6. The highest BCUT2D eigenvalue weighted by Gasteiger charge is 2.28. The van der Waals surface area contributed by atoms with Crippen LogP contribution in [0.4, 0.5) is 0 Å². The Bertz CT molecular complexity index is 1240. The number of hydrogen-bond acceptors (Lipinski definition) is 9. The fraction of sp³-hybridized carbons (Fsp3) is 0.595. The molecular weight excluding hydrogens is 709 g/mol. The normalized spacial score (nSPS) is 14.7. The van der Waals surface area contributed by atoms with Gasteiger partial charge in [0.15, 0.2) is 6.10 Å². The summed E-state index contributed by atoms with van der Waals surface area (Å²) in [6.45, 7) is 2.53. The van der Waals surface area contributed by atoms with Crippen LogP contribution in [0, 0.1) is 0 Å². The number of carboxylic acid groups (broad SMARTS) is 1. The van der Waals surface area contributed by atoms with Crippen LogP contribution in [-0.2, 0) is 37.5 Å². The van der Waals surface area contributed by atoms with Crippen molar-refractivity contribution in [2.45, 2.75) is 142 Å². The van der Waals surface area contributed by atoms with Crippen LogP contribution in [0.15, 0.2) is 85.1 Å². The summed E-state index contributed by atoms with van der Waals surface area (Å²) in [5, 5.41) is 8.86. The van der Waals surface area contributed by atoms with Gasteiger partial charge in [-0.3, -0.25) is 23.4 Å². The van der Waals surface area contributed by atoms with Crippen molar-refractivity contribution < 1.29 is 47.5 Å². The quantitative estimate of drug-likeness (QED) is 0.0184. The highest BCUT2D eigenvalue weighted by molar-refractivity contribution is 7.47. The van der Waals surface area contributed by atoms with Gasteiger partial charge in [0.2, 0.25) is 0 Å². The topological polar surface area (TPSA) is 172 Å². The summed E-state index contributed by atoms with van der Waals surface area (Å²) in [6.07, 6.45) is 43.8. The van der Waals surface area contributed by atoms with Crippen LogP contribution in [0.3, 0.4) is 0 Å². The summed E-state index contributed by atoms with van der Waals surface area (Å²) in [4.78, 5) is 45.8. The molecule has 0 aromatic heterocycles. The summed E-state index contributed by atoms with van der Waals surface area (Å²) in [5.74, 6) is -2.49. The molecule has 0 saturated carbocycles. The van der Waals surface area contributed by atoms with Crippen molar-refractivity contribution >= 4 is 25.7 Å². The molecule has 3 atom stereocenters. The Morgan fingerprint density at radius 3 is 1.76 bits per heavy atom. The molecule has 0 fully saturated rings. The molecule has 0 bridgehead atoms. The number of allylic oxidation sites excluding steroid dienone is 14. The molecule has 2 unspecified atom stereocenters. The molecule has 0 saturated heterocycles. The van der Waals surface area contributed by atoms with Crippen molar-refractivity contribution in [3.8, 4) is 0 Å². The molecule has 0 aromatic carbocycles. The minimum atomic E-state index is -4.73. The molecule has 0 heterocycles. The van der Waals surface area contributed by atoms with Gasteiger partial charge in [-0.1, -0.05) is 131 Å². The van der Waals surface area contributed by atoms with Gasteiger partial charge >= 0.3 is 25.7 Å². The summed E-state index contributed by atoms with van der Waals surface area (Å²) in [7, 11) is -4.73. The standard InChI is InChI=1S/C42H68NO10P/c1-3-5-7-9-11-13-15-17-18-19-20-22-23-25-27-29-31-33-40(44)50-35-38(36-51-54(48,49)52-37-39(43)42(46)47)53-41(45)34-32-30-28-26-24-21-16-14-12-10-8-6-4-2/h6,8,10-14,16-18,20,22,25,27,38-39H,3-5,7,9,15,19,21,23-24,26,28-37,43H2,1-2H3,(H,46,47)(H,48,49)/b8-6+,12-10+,13-11+,16-14+,18-17+,22-20+,27-25+/t38?,39-/m0/s1. The van der Waals surface area contributed by atoms with Crippen LogP contribution >= 0.6 is 7.82 Å².